The number of allylic oxidation sites excluding steroid dienone is 4. The van der Waals surface area contributed by atoms with Crippen molar-refractivity contribution in [2.24, 2.45) is 16.6 Å². The van der Waals surface area contributed by atoms with E-state index in [2.05, 4.69) is 27.0 Å². The summed E-state index contributed by atoms with van der Waals surface area (Å²) in [6.07, 6.45) is 17.5. The fraction of sp³-hybridized carbons (Fsp3) is 0.429. The monoisotopic (exact) mass is 366 g/mol. The fourth-order valence-corrected chi connectivity index (χ4v) is 3.44. The lowest BCUT2D eigenvalue weighted by atomic mass is 9.95. The van der Waals surface area contributed by atoms with E-state index in [0.29, 0.717) is 17.7 Å². The molecule has 0 unspecified atom stereocenters. The van der Waals surface area contributed by atoms with Gasteiger partial charge in [-0.1, -0.05) is 33.1 Å². The first kappa shape index (κ1) is 19.0. The molecule has 0 aromatic carbocycles. The summed E-state index contributed by atoms with van der Waals surface area (Å²) in [5.41, 5.74) is 9.98. The summed E-state index contributed by atoms with van der Waals surface area (Å²) in [4.78, 5) is 4.45. The van der Waals surface area contributed by atoms with Crippen molar-refractivity contribution in [2.45, 2.75) is 52.0 Å². The molecule has 2 aliphatic heterocycles. The molecule has 1 saturated carbocycles. The number of aliphatic imine (C=N–C) groups is 1. The Kier molecular flexibility index (Phi) is 6.16. The van der Waals surface area contributed by atoms with Gasteiger partial charge in [-0.2, -0.15) is 0 Å². The number of amidine groups is 1. The molecule has 6 N–H and O–H groups in total. The van der Waals surface area contributed by atoms with Gasteiger partial charge in [0.25, 0.3) is 0 Å². The molecule has 3 aliphatic rings. The van der Waals surface area contributed by atoms with Crippen molar-refractivity contribution in [3.63, 3.8) is 0 Å². The summed E-state index contributed by atoms with van der Waals surface area (Å²) in [7, 11) is 0. The van der Waals surface area contributed by atoms with Crippen molar-refractivity contribution in [2.75, 3.05) is 0 Å². The molecule has 0 aromatic heterocycles. The van der Waals surface area contributed by atoms with Crippen LogP contribution in [0.25, 0.3) is 0 Å². The number of dihydropyridines is 2. The van der Waals surface area contributed by atoms with Crippen LogP contribution in [0.4, 0.5) is 0 Å². The summed E-state index contributed by atoms with van der Waals surface area (Å²) >= 11 is 0. The Morgan fingerprint density at radius 1 is 1.26 bits per heavy atom. The zero-order chi connectivity index (χ0) is 19.2. The van der Waals surface area contributed by atoms with Crippen LogP contribution in [0.3, 0.4) is 0 Å². The summed E-state index contributed by atoms with van der Waals surface area (Å²) in [6, 6.07) is 0.558. The Bertz CT molecular complexity index is 758. The lowest BCUT2D eigenvalue weighted by Crippen LogP contribution is -2.34. The maximum atomic E-state index is 7.48. The summed E-state index contributed by atoms with van der Waals surface area (Å²) < 4.78 is 0. The van der Waals surface area contributed by atoms with Gasteiger partial charge in [-0.25, -0.2) is 4.99 Å². The molecule has 6 nitrogen and oxygen atoms in total. The Morgan fingerprint density at radius 3 is 2.74 bits per heavy atom. The van der Waals surface area contributed by atoms with Gasteiger partial charge in [0.15, 0.2) is 0 Å². The Balaban J connectivity index is 1.68. The van der Waals surface area contributed by atoms with E-state index in [1.165, 1.54) is 38.3 Å². The predicted octanol–water partition coefficient (Wildman–Crippen LogP) is 3.15. The van der Waals surface area contributed by atoms with Gasteiger partial charge in [0.1, 0.15) is 11.7 Å². The molecule has 0 saturated heterocycles. The molecule has 27 heavy (non-hydrogen) atoms. The largest absolute Gasteiger partial charge is 0.384 e. The van der Waals surface area contributed by atoms with Gasteiger partial charge in [0.05, 0.1) is 17.1 Å². The average Bonchev–Trinajstić information content (AvgIpc) is 2.66. The third kappa shape index (κ3) is 5.12. The van der Waals surface area contributed by atoms with Crippen LogP contribution in [-0.2, 0) is 0 Å². The number of nitrogens with zero attached hydrogens (tertiary/aromatic N) is 1. The van der Waals surface area contributed by atoms with Gasteiger partial charge in [-0.05, 0) is 48.6 Å². The van der Waals surface area contributed by atoms with Crippen LogP contribution < -0.4 is 21.7 Å². The highest BCUT2D eigenvalue weighted by atomic mass is 15.1. The Morgan fingerprint density at radius 2 is 2.04 bits per heavy atom. The number of hydrogen-bond donors (Lipinski definition) is 5. The van der Waals surface area contributed by atoms with Crippen molar-refractivity contribution >= 4 is 12.1 Å². The first-order chi connectivity index (χ1) is 13.0. The molecule has 2 heterocycles. The quantitative estimate of drug-likeness (QED) is 0.368. The Labute approximate surface area is 161 Å². The van der Waals surface area contributed by atoms with E-state index in [1.54, 1.807) is 6.08 Å². The van der Waals surface area contributed by atoms with E-state index in [-0.39, 0.29) is 5.92 Å². The number of nitrogens with one attached hydrogen (secondary N) is 4. The van der Waals surface area contributed by atoms with Crippen LogP contribution in [-0.4, -0.2) is 18.1 Å². The van der Waals surface area contributed by atoms with Crippen molar-refractivity contribution in [3.8, 4) is 0 Å². The highest BCUT2D eigenvalue weighted by Crippen LogP contribution is 2.22. The molecule has 6 heteroatoms. The fourth-order valence-electron chi connectivity index (χ4n) is 3.44. The molecule has 0 amide bonds. The van der Waals surface area contributed by atoms with Crippen molar-refractivity contribution in [1.29, 1.82) is 5.41 Å². The van der Waals surface area contributed by atoms with Crippen LogP contribution in [0.1, 0.15) is 46.0 Å². The van der Waals surface area contributed by atoms with Crippen molar-refractivity contribution < 1.29 is 0 Å². The van der Waals surface area contributed by atoms with E-state index in [9.17, 15) is 0 Å². The first-order valence-corrected chi connectivity index (χ1v) is 9.75. The summed E-state index contributed by atoms with van der Waals surface area (Å²) in [5.74, 6) is 1.31. The second-order valence-corrected chi connectivity index (χ2v) is 7.52. The molecule has 0 bridgehead atoms. The SMILES string of the molecule is CC(C)C(C=N)=CC(N)=NC1=CC=C2NC=C(NC3CCCCC3)C=C2N1. The molecule has 0 radical (unpaired) electrons. The lowest BCUT2D eigenvalue weighted by molar-refractivity contribution is 0.398. The van der Waals surface area contributed by atoms with E-state index >= 15 is 0 Å². The van der Waals surface area contributed by atoms with Crippen molar-refractivity contribution in [1.82, 2.24) is 16.0 Å². The minimum atomic E-state index is 0.236. The molecule has 3 rings (SSSR count). The number of rotatable bonds is 6. The zero-order valence-electron chi connectivity index (χ0n) is 16.2. The minimum absolute atomic E-state index is 0.236. The van der Waals surface area contributed by atoms with Crippen LogP contribution in [0.5, 0.6) is 0 Å². The summed E-state index contributed by atoms with van der Waals surface area (Å²) in [5, 5.41) is 17.8. The van der Waals surface area contributed by atoms with E-state index in [4.69, 9.17) is 11.1 Å². The predicted molar refractivity (Wildman–Crippen MR) is 112 cm³/mol. The van der Waals surface area contributed by atoms with E-state index < -0.39 is 0 Å². The van der Waals surface area contributed by atoms with Gasteiger partial charge in [-0.15, -0.1) is 0 Å². The molecular formula is C21H30N6. The highest BCUT2D eigenvalue weighted by molar-refractivity contribution is 5.97. The van der Waals surface area contributed by atoms with E-state index in [1.807, 2.05) is 32.2 Å². The first-order valence-electron chi connectivity index (χ1n) is 9.75. The minimum Gasteiger partial charge on any atom is -0.384 e. The standard InChI is InChI=1S/C21H30N6/c1-14(2)15(12-22)10-20(23)27-21-9-8-18-19(26-21)11-17(13-24-18)25-16-6-4-3-5-7-16/h8-14,16,22,24-26H,3-7H2,1-2H3,(H2,23,27). The maximum Gasteiger partial charge on any atom is 0.132 e. The maximum absolute atomic E-state index is 7.48. The van der Waals surface area contributed by atoms with Crippen LogP contribution in [0, 0.1) is 11.3 Å². The smallest absolute Gasteiger partial charge is 0.132 e. The van der Waals surface area contributed by atoms with Gasteiger partial charge < -0.3 is 27.1 Å². The zero-order valence-corrected chi connectivity index (χ0v) is 16.2. The highest BCUT2D eigenvalue weighted by Gasteiger charge is 2.18. The molecule has 144 valence electrons. The lowest BCUT2D eigenvalue weighted by Gasteiger charge is -2.28. The number of nitrogens with two attached hydrogens (primary N) is 1. The number of fused-ring (bicyclic) bond motifs is 1. The van der Waals surface area contributed by atoms with Gasteiger partial charge in [0, 0.05) is 18.5 Å². The average molecular weight is 367 g/mol. The van der Waals surface area contributed by atoms with Gasteiger partial charge >= 0.3 is 0 Å². The van der Waals surface area contributed by atoms with Crippen molar-refractivity contribution in [3.05, 3.63) is 59.0 Å². The topological polar surface area (TPSA) is 98.3 Å². The molecule has 1 aliphatic carbocycles. The summed E-state index contributed by atoms with van der Waals surface area (Å²) in [6.45, 7) is 4.06. The second-order valence-electron chi connectivity index (χ2n) is 7.52. The third-order valence-electron chi connectivity index (χ3n) is 5.02. The third-order valence-corrected chi connectivity index (χ3v) is 5.02. The number of hydrogen-bond acceptors (Lipinski definition) is 5. The van der Waals surface area contributed by atoms with Crippen LogP contribution in [0.15, 0.2) is 64.0 Å². The molecule has 1 fully saturated rings. The van der Waals surface area contributed by atoms with Gasteiger partial charge in [0.2, 0.25) is 0 Å². The van der Waals surface area contributed by atoms with E-state index in [0.717, 1.165) is 22.7 Å². The molecule has 0 spiro atoms. The molecular weight excluding hydrogens is 336 g/mol. The second kappa shape index (κ2) is 8.75. The van der Waals surface area contributed by atoms with Crippen LogP contribution >= 0.6 is 0 Å². The normalized spacial score (nSPS) is 21.1. The van der Waals surface area contributed by atoms with Crippen LogP contribution in [0.2, 0.25) is 0 Å². The molecule has 0 atom stereocenters. The Hall–Kier alpha value is -2.76. The molecule has 0 aromatic rings. The van der Waals surface area contributed by atoms with Gasteiger partial charge in [-0.3, -0.25) is 0 Å².